The average molecular weight is 222 g/mol. The molecule has 2 aromatic heterocycles. The van der Waals surface area contributed by atoms with E-state index in [2.05, 4.69) is 25.6 Å². The Balaban J connectivity index is 1.75. The Morgan fingerprint density at radius 1 is 1.33 bits per heavy atom. The van der Waals surface area contributed by atoms with Crippen LogP contribution >= 0.6 is 11.3 Å². The van der Waals surface area contributed by atoms with Crippen molar-refractivity contribution in [2.45, 2.75) is 32.2 Å². The lowest BCUT2D eigenvalue weighted by Crippen LogP contribution is -2.03. The first kappa shape index (κ1) is 8.90. The second kappa shape index (κ2) is 3.34. The van der Waals surface area contributed by atoms with Crippen molar-refractivity contribution >= 4 is 11.3 Å². The number of nitrogens with zero attached hydrogens (tertiary/aromatic N) is 6. The number of aromatic nitrogens is 6. The summed E-state index contributed by atoms with van der Waals surface area (Å²) in [6, 6.07) is 0. The largest absolute Gasteiger partial charge is 0.177 e. The van der Waals surface area contributed by atoms with Gasteiger partial charge < -0.3 is 0 Å². The molecule has 0 amide bonds. The summed E-state index contributed by atoms with van der Waals surface area (Å²) < 4.78 is 0. The molecule has 0 aromatic carbocycles. The summed E-state index contributed by atoms with van der Waals surface area (Å²) in [6.07, 6.45) is 2.40. The predicted octanol–water partition coefficient (Wildman–Crippen LogP) is 0.759. The second-order valence-electron chi connectivity index (χ2n) is 3.67. The molecule has 0 radical (unpaired) electrons. The Morgan fingerprint density at radius 2 is 2.20 bits per heavy atom. The third-order valence-corrected chi connectivity index (χ3v) is 3.08. The maximum Gasteiger partial charge on any atom is 0.177 e. The molecule has 0 bridgehead atoms. The molecule has 1 saturated carbocycles. The molecule has 0 N–H and O–H groups in total. The van der Waals surface area contributed by atoms with Gasteiger partial charge in [-0.15, -0.1) is 20.4 Å². The zero-order valence-corrected chi connectivity index (χ0v) is 9.11. The molecule has 6 nitrogen and oxygen atoms in total. The number of hydrogen-bond acceptors (Lipinski definition) is 6. The second-order valence-corrected chi connectivity index (χ2v) is 4.93. The van der Waals surface area contributed by atoms with Crippen molar-refractivity contribution in [3.63, 3.8) is 0 Å². The SMILES string of the molecule is Cc1nnc(Cn2nnc(C3CC3)n2)s1. The molecule has 1 fully saturated rings. The monoisotopic (exact) mass is 222 g/mol. The van der Waals surface area contributed by atoms with E-state index in [0.29, 0.717) is 12.5 Å². The Labute approximate surface area is 90.3 Å². The van der Waals surface area contributed by atoms with E-state index < -0.39 is 0 Å². The molecule has 0 aliphatic heterocycles. The standard InChI is InChI=1S/C8H10N6S/c1-5-9-10-7(15-5)4-14-12-8(11-13-14)6-2-3-6/h6H,2-4H2,1H3. The maximum absolute atomic E-state index is 4.31. The van der Waals surface area contributed by atoms with Gasteiger partial charge in [0.2, 0.25) is 0 Å². The molecule has 0 spiro atoms. The highest BCUT2D eigenvalue weighted by molar-refractivity contribution is 7.11. The molecule has 0 unspecified atom stereocenters. The molecule has 2 heterocycles. The van der Waals surface area contributed by atoms with Crippen LogP contribution in [0.2, 0.25) is 0 Å². The van der Waals surface area contributed by atoms with Gasteiger partial charge in [0.15, 0.2) is 5.82 Å². The van der Waals surface area contributed by atoms with Crippen molar-refractivity contribution in [3.8, 4) is 0 Å². The van der Waals surface area contributed by atoms with E-state index in [1.165, 1.54) is 12.8 Å². The molecule has 0 saturated heterocycles. The Hall–Kier alpha value is -1.37. The van der Waals surface area contributed by atoms with Crippen molar-refractivity contribution in [1.29, 1.82) is 0 Å². The number of aryl methyl sites for hydroxylation is 1. The van der Waals surface area contributed by atoms with Gasteiger partial charge in [-0.3, -0.25) is 0 Å². The van der Waals surface area contributed by atoms with Crippen molar-refractivity contribution in [2.24, 2.45) is 0 Å². The van der Waals surface area contributed by atoms with Crippen LogP contribution in [0.25, 0.3) is 0 Å². The van der Waals surface area contributed by atoms with Crippen LogP contribution in [0.15, 0.2) is 0 Å². The van der Waals surface area contributed by atoms with Gasteiger partial charge in [0, 0.05) is 5.92 Å². The summed E-state index contributed by atoms with van der Waals surface area (Å²) >= 11 is 1.57. The fourth-order valence-corrected chi connectivity index (χ4v) is 2.03. The third-order valence-electron chi connectivity index (χ3n) is 2.26. The van der Waals surface area contributed by atoms with E-state index in [4.69, 9.17) is 0 Å². The lowest BCUT2D eigenvalue weighted by atomic mass is 10.4. The van der Waals surface area contributed by atoms with Gasteiger partial charge in [-0.1, -0.05) is 11.3 Å². The van der Waals surface area contributed by atoms with E-state index in [1.807, 2.05) is 6.92 Å². The summed E-state index contributed by atoms with van der Waals surface area (Å²) in [5.41, 5.74) is 0. The first-order chi connectivity index (χ1) is 7.31. The van der Waals surface area contributed by atoms with Gasteiger partial charge in [-0.2, -0.15) is 4.80 Å². The topological polar surface area (TPSA) is 69.4 Å². The Kier molecular flexibility index (Phi) is 1.98. The first-order valence-electron chi connectivity index (χ1n) is 4.88. The highest BCUT2D eigenvalue weighted by Crippen LogP contribution is 2.37. The molecule has 7 heteroatoms. The maximum atomic E-state index is 4.31. The van der Waals surface area contributed by atoms with Crippen LogP contribution in [0.5, 0.6) is 0 Å². The third kappa shape index (κ3) is 1.87. The minimum absolute atomic E-state index is 0.551. The van der Waals surface area contributed by atoms with Gasteiger partial charge in [0.05, 0.1) is 0 Å². The highest BCUT2D eigenvalue weighted by atomic mass is 32.1. The van der Waals surface area contributed by atoms with Gasteiger partial charge in [0.1, 0.15) is 16.6 Å². The molecule has 0 atom stereocenters. The van der Waals surface area contributed by atoms with Crippen molar-refractivity contribution in [1.82, 2.24) is 30.4 Å². The zero-order chi connectivity index (χ0) is 10.3. The van der Waals surface area contributed by atoms with Crippen molar-refractivity contribution in [2.75, 3.05) is 0 Å². The zero-order valence-electron chi connectivity index (χ0n) is 8.29. The number of hydrogen-bond donors (Lipinski definition) is 0. The first-order valence-corrected chi connectivity index (χ1v) is 5.69. The van der Waals surface area contributed by atoms with E-state index in [0.717, 1.165) is 15.8 Å². The van der Waals surface area contributed by atoms with Crippen LogP contribution in [0, 0.1) is 6.92 Å². The fourth-order valence-electron chi connectivity index (χ4n) is 1.35. The summed E-state index contributed by atoms with van der Waals surface area (Å²) in [5.74, 6) is 1.42. The molecular weight excluding hydrogens is 212 g/mol. The lowest BCUT2D eigenvalue weighted by molar-refractivity contribution is 0.566. The van der Waals surface area contributed by atoms with Crippen LogP contribution in [0.4, 0.5) is 0 Å². The van der Waals surface area contributed by atoms with E-state index in [1.54, 1.807) is 16.1 Å². The number of rotatable bonds is 3. The van der Waals surface area contributed by atoms with Crippen LogP contribution in [-0.4, -0.2) is 30.4 Å². The molecule has 15 heavy (non-hydrogen) atoms. The molecule has 2 aromatic rings. The van der Waals surface area contributed by atoms with E-state index in [9.17, 15) is 0 Å². The van der Waals surface area contributed by atoms with Crippen LogP contribution in [0.3, 0.4) is 0 Å². The number of tetrazole rings is 1. The molecule has 1 aliphatic rings. The van der Waals surface area contributed by atoms with Gasteiger partial charge in [0.25, 0.3) is 0 Å². The summed E-state index contributed by atoms with van der Waals surface area (Å²) in [7, 11) is 0. The minimum atomic E-state index is 0.551. The van der Waals surface area contributed by atoms with Gasteiger partial charge >= 0.3 is 0 Å². The van der Waals surface area contributed by atoms with Crippen molar-refractivity contribution < 1.29 is 0 Å². The Bertz CT molecular complexity index is 471. The smallest absolute Gasteiger partial charge is 0.157 e. The molecule has 78 valence electrons. The van der Waals surface area contributed by atoms with Gasteiger partial charge in [-0.25, -0.2) is 0 Å². The van der Waals surface area contributed by atoms with Crippen LogP contribution in [-0.2, 0) is 6.54 Å². The van der Waals surface area contributed by atoms with Crippen LogP contribution < -0.4 is 0 Å². The summed E-state index contributed by atoms with van der Waals surface area (Å²) in [6.45, 7) is 2.51. The summed E-state index contributed by atoms with van der Waals surface area (Å²) in [4.78, 5) is 1.59. The quantitative estimate of drug-likeness (QED) is 0.766. The highest BCUT2D eigenvalue weighted by Gasteiger charge is 2.28. The van der Waals surface area contributed by atoms with Gasteiger partial charge in [-0.05, 0) is 25.0 Å². The lowest BCUT2D eigenvalue weighted by Gasteiger charge is -1.91. The summed E-state index contributed by atoms with van der Waals surface area (Å²) in [5, 5.41) is 22.2. The minimum Gasteiger partial charge on any atom is -0.157 e. The molecule has 3 rings (SSSR count). The predicted molar refractivity (Wildman–Crippen MR) is 53.5 cm³/mol. The van der Waals surface area contributed by atoms with E-state index >= 15 is 0 Å². The fraction of sp³-hybridized carbons (Fsp3) is 0.625. The van der Waals surface area contributed by atoms with E-state index in [-0.39, 0.29) is 0 Å². The van der Waals surface area contributed by atoms with Crippen molar-refractivity contribution in [3.05, 3.63) is 15.8 Å². The average Bonchev–Trinajstić information content (AvgIpc) is 2.84. The molecular formula is C8H10N6S. The van der Waals surface area contributed by atoms with Crippen LogP contribution in [0.1, 0.15) is 34.6 Å². The molecule has 1 aliphatic carbocycles. The Morgan fingerprint density at radius 3 is 2.87 bits per heavy atom. The normalized spacial score (nSPS) is 15.8.